The van der Waals surface area contributed by atoms with Crippen molar-refractivity contribution in [1.29, 1.82) is 0 Å². The average Bonchev–Trinajstić information content (AvgIpc) is 2.55. The zero-order valence-electron chi connectivity index (χ0n) is 5.61. The molecule has 0 aromatic carbocycles. The van der Waals surface area contributed by atoms with Crippen molar-refractivity contribution in [3.63, 3.8) is 0 Å². The van der Waals surface area contributed by atoms with Crippen LogP contribution in [0.25, 0.3) is 11.6 Å². The Morgan fingerprint density at radius 2 is 2.45 bits per heavy atom. The third kappa shape index (κ3) is 1.000. The molecule has 0 saturated heterocycles. The van der Waals surface area contributed by atoms with E-state index >= 15 is 0 Å². The largest absolute Gasteiger partial charge is 0.461 e. The van der Waals surface area contributed by atoms with Gasteiger partial charge in [0.25, 0.3) is 0 Å². The van der Waals surface area contributed by atoms with Crippen LogP contribution in [0.1, 0.15) is 5.56 Å². The number of furan rings is 1. The SMILES string of the molecule is [CH2]c1coc(-c2nnn[nH]2)c1. The second-order valence-electron chi connectivity index (χ2n) is 2.07. The number of rotatable bonds is 1. The second kappa shape index (κ2) is 2.19. The number of nitrogens with one attached hydrogen (secondary N) is 1. The molecule has 2 heterocycles. The maximum atomic E-state index is 5.07. The molecule has 0 aliphatic carbocycles. The van der Waals surface area contributed by atoms with E-state index in [4.69, 9.17) is 4.42 Å². The summed E-state index contributed by atoms with van der Waals surface area (Å²) in [4.78, 5) is 0. The highest BCUT2D eigenvalue weighted by Crippen LogP contribution is 2.15. The lowest BCUT2D eigenvalue weighted by molar-refractivity contribution is 0.576. The van der Waals surface area contributed by atoms with E-state index in [1.807, 2.05) is 0 Å². The third-order valence-corrected chi connectivity index (χ3v) is 1.23. The van der Waals surface area contributed by atoms with E-state index in [0.717, 1.165) is 5.56 Å². The summed E-state index contributed by atoms with van der Waals surface area (Å²) in [6, 6.07) is 1.75. The summed E-state index contributed by atoms with van der Waals surface area (Å²) in [6.07, 6.45) is 1.54. The van der Waals surface area contributed by atoms with Gasteiger partial charge in [-0.1, -0.05) is 0 Å². The fourth-order valence-electron chi connectivity index (χ4n) is 0.763. The van der Waals surface area contributed by atoms with E-state index in [9.17, 15) is 0 Å². The molecule has 0 saturated carbocycles. The molecule has 0 amide bonds. The quantitative estimate of drug-likeness (QED) is 0.646. The predicted molar refractivity (Wildman–Crippen MR) is 36.3 cm³/mol. The molecular formula is C6H5N4O. The first-order chi connectivity index (χ1) is 5.36. The topological polar surface area (TPSA) is 67.6 Å². The van der Waals surface area contributed by atoms with Crippen LogP contribution in [0, 0.1) is 6.92 Å². The van der Waals surface area contributed by atoms with Gasteiger partial charge in [-0.05, 0) is 29.0 Å². The normalized spacial score (nSPS) is 10.3. The van der Waals surface area contributed by atoms with E-state index in [0.29, 0.717) is 11.6 Å². The van der Waals surface area contributed by atoms with Crippen molar-refractivity contribution in [1.82, 2.24) is 20.6 Å². The van der Waals surface area contributed by atoms with Gasteiger partial charge in [0.05, 0.1) is 6.26 Å². The summed E-state index contributed by atoms with van der Waals surface area (Å²) in [6.45, 7) is 3.67. The van der Waals surface area contributed by atoms with Crippen LogP contribution < -0.4 is 0 Å². The molecular weight excluding hydrogens is 144 g/mol. The Labute approximate surface area is 62.4 Å². The zero-order chi connectivity index (χ0) is 7.68. The molecule has 0 bridgehead atoms. The number of nitrogens with zero attached hydrogens (tertiary/aromatic N) is 3. The van der Waals surface area contributed by atoms with Gasteiger partial charge < -0.3 is 4.42 Å². The highest BCUT2D eigenvalue weighted by molar-refractivity contribution is 5.46. The van der Waals surface area contributed by atoms with Gasteiger partial charge in [0.1, 0.15) is 0 Å². The van der Waals surface area contributed by atoms with Gasteiger partial charge in [-0.3, -0.25) is 0 Å². The van der Waals surface area contributed by atoms with E-state index in [1.54, 1.807) is 6.07 Å². The van der Waals surface area contributed by atoms with Crippen molar-refractivity contribution in [3.05, 3.63) is 24.8 Å². The summed E-state index contributed by atoms with van der Waals surface area (Å²) in [5, 5.41) is 13.0. The molecule has 0 aliphatic rings. The number of tetrazole rings is 1. The third-order valence-electron chi connectivity index (χ3n) is 1.23. The fraction of sp³-hybridized carbons (Fsp3) is 0. The summed E-state index contributed by atoms with van der Waals surface area (Å²) in [7, 11) is 0. The molecule has 55 valence electrons. The molecule has 2 rings (SSSR count). The Morgan fingerprint density at radius 1 is 1.55 bits per heavy atom. The summed E-state index contributed by atoms with van der Waals surface area (Å²) >= 11 is 0. The number of aromatic amines is 1. The molecule has 2 aromatic rings. The number of aromatic nitrogens is 4. The second-order valence-corrected chi connectivity index (χ2v) is 2.07. The van der Waals surface area contributed by atoms with Gasteiger partial charge in [-0.25, -0.2) is 5.10 Å². The molecule has 5 heteroatoms. The summed E-state index contributed by atoms with van der Waals surface area (Å²) in [5.74, 6) is 1.11. The van der Waals surface area contributed by atoms with Crippen LogP contribution in [-0.2, 0) is 0 Å². The minimum Gasteiger partial charge on any atom is -0.461 e. The molecule has 11 heavy (non-hydrogen) atoms. The Morgan fingerprint density at radius 3 is 3.00 bits per heavy atom. The minimum absolute atomic E-state index is 0.514. The van der Waals surface area contributed by atoms with E-state index < -0.39 is 0 Å². The first-order valence-corrected chi connectivity index (χ1v) is 3.01. The van der Waals surface area contributed by atoms with Gasteiger partial charge >= 0.3 is 0 Å². The molecule has 5 nitrogen and oxygen atoms in total. The number of hydrogen-bond acceptors (Lipinski definition) is 4. The first kappa shape index (κ1) is 6.09. The van der Waals surface area contributed by atoms with Gasteiger partial charge in [0.15, 0.2) is 5.76 Å². The Bertz CT molecular complexity index is 337. The average molecular weight is 149 g/mol. The van der Waals surface area contributed by atoms with E-state index in [-0.39, 0.29) is 0 Å². The van der Waals surface area contributed by atoms with Crippen LogP contribution in [0.4, 0.5) is 0 Å². The maximum absolute atomic E-state index is 5.07. The molecule has 0 atom stereocenters. The maximum Gasteiger partial charge on any atom is 0.215 e. The zero-order valence-corrected chi connectivity index (χ0v) is 5.61. The fourth-order valence-corrected chi connectivity index (χ4v) is 0.763. The van der Waals surface area contributed by atoms with Crippen LogP contribution in [-0.4, -0.2) is 20.6 Å². The highest BCUT2D eigenvalue weighted by Gasteiger charge is 2.04. The van der Waals surface area contributed by atoms with E-state index in [1.165, 1.54) is 6.26 Å². The van der Waals surface area contributed by atoms with Crippen LogP contribution in [0.15, 0.2) is 16.7 Å². The molecule has 1 N–H and O–H groups in total. The van der Waals surface area contributed by atoms with Crippen LogP contribution in [0.2, 0.25) is 0 Å². The lowest BCUT2D eigenvalue weighted by atomic mass is 10.3. The molecule has 0 spiro atoms. The van der Waals surface area contributed by atoms with E-state index in [2.05, 4.69) is 27.5 Å². The standard InChI is InChI=1S/C6H5N4O/c1-4-2-5(11-3-4)6-7-9-10-8-6/h2-3H,1H2,(H,7,8,9,10). The first-order valence-electron chi connectivity index (χ1n) is 3.01. The predicted octanol–water partition coefficient (Wildman–Crippen LogP) is 0.642. The van der Waals surface area contributed by atoms with Crippen molar-refractivity contribution in [2.45, 2.75) is 0 Å². The molecule has 0 aliphatic heterocycles. The lowest BCUT2D eigenvalue weighted by Crippen LogP contribution is -1.75. The van der Waals surface area contributed by atoms with Gasteiger partial charge in [0.2, 0.25) is 5.82 Å². The van der Waals surface area contributed by atoms with Crippen molar-refractivity contribution in [3.8, 4) is 11.6 Å². The Balaban J connectivity index is 2.45. The van der Waals surface area contributed by atoms with Crippen LogP contribution in [0.3, 0.4) is 0 Å². The number of H-pyrrole nitrogens is 1. The molecule has 2 aromatic heterocycles. The Hall–Kier alpha value is -1.65. The lowest BCUT2D eigenvalue weighted by Gasteiger charge is -1.81. The van der Waals surface area contributed by atoms with Crippen molar-refractivity contribution in [2.75, 3.05) is 0 Å². The molecule has 0 fully saturated rings. The van der Waals surface area contributed by atoms with Gasteiger partial charge in [0, 0.05) is 0 Å². The van der Waals surface area contributed by atoms with Crippen molar-refractivity contribution in [2.24, 2.45) is 0 Å². The summed E-state index contributed by atoms with van der Waals surface area (Å²) < 4.78 is 5.07. The Kier molecular flexibility index (Phi) is 1.21. The van der Waals surface area contributed by atoms with Gasteiger partial charge in [-0.15, -0.1) is 5.10 Å². The molecule has 0 unspecified atom stereocenters. The van der Waals surface area contributed by atoms with Crippen molar-refractivity contribution < 1.29 is 4.42 Å². The van der Waals surface area contributed by atoms with Crippen LogP contribution >= 0.6 is 0 Å². The molecule has 1 radical (unpaired) electrons. The highest BCUT2D eigenvalue weighted by atomic mass is 16.3. The van der Waals surface area contributed by atoms with Crippen LogP contribution in [0.5, 0.6) is 0 Å². The summed E-state index contributed by atoms with van der Waals surface area (Å²) in [5.41, 5.74) is 0.802. The smallest absolute Gasteiger partial charge is 0.215 e. The minimum atomic E-state index is 0.514. The monoisotopic (exact) mass is 149 g/mol. The van der Waals surface area contributed by atoms with Gasteiger partial charge in [-0.2, -0.15) is 0 Å². The number of hydrogen-bond donors (Lipinski definition) is 1. The van der Waals surface area contributed by atoms with Crippen molar-refractivity contribution >= 4 is 0 Å².